The van der Waals surface area contributed by atoms with E-state index in [1.54, 1.807) is 0 Å². The second-order valence-electron chi connectivity index (χ2n) is 4.63. The maximum Gasteiger partial charge on any atom is 0.0166 e. The molecular weight excluding hydrogens is 160 g/mol. The van der Waals surface area contributed by atoms with Gasteiger partial charge in [0.25, 0.3) is 0 Å². The fourth-order valence-electron chi connectivity index (χ4n) is 2.36. The summed E-state index contributed by atoms with van der Waals surface area (Å²) in [7, 11) is 2.03. The number of likely N-dealkylation sites (tertiary alicyclic amines) is 1. The molecule has 1 unspecified atom stereocenters. The molecule has 1 saturated heterocycles. The first kappa shape index (κ1) is 10.7. The van der Waals surface area contributed by atoms with E-state index in [1.165, 1.54) is 13.0 Å². The number of hydrogen-bond donors (Lipinski definition) is 1. The van der Waals surface area contributed by atoms with Crippen LogP contribution in [0.3, 0.4) is 0 Å². The Morgan fingerprint density at radius 2 is 2.31 bits per heavy atom. The van der Waals surface area contributed by atoms with E-state index in [9.17, 15) is 0 Å². The lowest BCUT2D eigenvalue weighted by Crippen LogP contribution is -2.38. The monoisotopic (exact) mass is 182 g/mol. The molecule has 1 atom stereocenters. The van der Waals surface area contributed by atoms with Crippen molar-refractivity contribution in [3.05, 3.63) is 12.7 Å². The summed E-state index contributed by atoms with van der Waals surface area (Å²) >= 11 is 0. The van der Waals surface area contributed by atoms with Crippen LogP contribution in [0, 0.1) is 5.92 Å². The number of nitrogens with one attached hydrogen (secondary N) is 1. The van der Waals surface area contributed by atoms with Crippen LogP contribution < -0.4 is 5.32 Å². The molecule has 2 heteroatoms. The van der Waals surface area contributed by atoms with E-state index < -0.39 is 0 Å². The fourth-order valence-corrected chi connectivity index (χ4v) is 2.36. The van der Waals surface area contributed by atoms with Crippen LogP contribution in [0.25, 0.3) is 0 Å². The highest BCUT2D eigenvalue weighted by atomic mass is 15.2. The first-order chi connectivity index (χ1) is 6.10. The maximum atomic E-state index is 3.80. The highest BCUT2D eigenvalue weighted by molar-refractivity contribution is 4.95. The molecule has 0 aromatic heterocycles. The SMILES string of the molecule is C=CCN1CC(CNC)CC1(C)C. The van der Waals surface area contributed by atoms with Crippen molar-refractivity contribution in [1.29, 1.82) is 0 Å². The molecule has 1 fully saturated rings. The predicted octanol–water partition coefficient (Wildman–Crippen LogP) is 1.49. The lowest BCUT2D eigenvalue weighted by molar-refractivity contribution is 0.195. The summed E-state index contributed by atoms with van der Waals surface area (Å²) < 4.78 is 0. The van der Waals surface area contributed by atoms with E-state index in [1.807, 2.05) is 13.1 Å². The predicted molar refractivity (Wildman–Crippen MR) is 57.9 cm³/mol. The standard InChI is InChI=1S/C11H22N2/c1-5-6-13-9-10(8-12-4)7-11(13,2)3/h5,10,12H,1,6-9H2,2-4H3. The lowest BCUT2D eigenvalue weighted by atomic mass is 9.96. The first-order valence-electron chi connectivity index (χ1n) is 5.10. The Kier molecular flexibility index (Phi) is 3.51. The fraction of sp³-hybridized carbons (Fsp3) is 0.818. The minimum absolute atomic E-state index is 0.357. The van der Waals surface area contributed by atoms with Crippen LogP contribution in [-0.4, -0.2) is 37.1 Å². The van der Waals surface area contributed by atoms with E-state index in [4.69, 9.17) is 0 Å². The molecule has 0 saturated carbocycles. The van der Waals surface area contributed by atoms with Crippen molar-refractivity contribution in [3.63, 3.8) is 0 Å². The summed E-state index contributed by atoms with van der Waals surface area (Å²) in [5, 5.41) is 3.26. The van der Waals surface area contributed by atoms with Crippen molar-refractivity contribution in [2.75, 3.05) is 26.7 Å². The van der Waals surface area contributed by atoms with Crippen LogP contribution in [-0.2, 0) is 0 Å². The minimum Gasteiger partial charge on any atom is -0.319 e. The third-order valence-electron chi connectivity index (χ3n) is 2.97. The van der Waals surface area contributed by atoms with Crippen molar-refractivity contribution in [2.24, 2.45) is 5.92 Å². The Morgan fingerprint density at radius 1 is 1.62 bits per heavy atom. The van der Waals surface area contributed by atoms with Gasteiger partial charge in [0.1, 0.15) is 0 Å². The zero-order valence-corrected chi connectivity index (χ0v) is 9.14. The van der Waals surface area contributed by atoms with E-state index in [0.29, 0.717) is 5.54 Å². The zero-order valence-electron chi connectivity index (χ0n) is 9.14. The van der Waals surface area contributed by atoms with E-state index in [2.05, 4.69) is 30.6 Å². The largest absolute Gasteiger partial charge is 0.319 e. The molecule has 1 N–H and O–H groups in total. The van der Waals surface area contributed by atoms with Crippen molar-refractivity contribution in [3.8, 4) is 0 Å². The molecule has 0 aromatic rings. The van der Waals surface area contributed by atoms with E-state index in [0.717, 1.165) is 19.0 Å². The van der Waals surface area contributed by atoms with Gasteiger partial charge in [0.15, 0.2) is 0 Å². The summed E-state index contributed by atoms with van der Waals surface area (Å²) in [4.78, 5) is 2.52. The number of rotatable bonds is 4. The van der Waals surface area contributed by atoms with Crippen LogP contribution in [0.15, 0.2) is 12.7 Å². The normalized spacial score (nSPS) is 27.8. The molecule has 0 radical (unpaired) electrons. The van der Waals surface area contributed by atoms with Crippen molar-refractivity contribution < 1.29 is 0 Å². The highest BCUT2D eigenvalue weighted by Gasteiger charge is 2.36. The van der Waals surface area contributed by atoms with Gasteiger partial charge in [0, 0.05) is 18.6 Å². The molecule has 0 bridgehead atoms. The summed E-state index contributed by atoms with van der Waals surface area (Å²) in [5.41, 5.74) is 0.357. The molecule has 0 aromatic carbocycles. The van der Waals surface area contributed by atoms with Gasteiger partial charge in [-0.15, -0.1) is 6.58 Å². The summed E-state index contributed by atoms with van der Waals surface area (Å²) in [6.45, 7) is 11.8. The molecule has 1 aliphatic rings. The zero-order chi connectivity index (χ0) is 9.90. The number of hydrogen-bond acceptors (Lipinski definition) is 2. The van der Waals surface area contributed by atoms with E-state index >= 15 is 0 Å². The molecule has 76 valence electrons. The molecule has 13 heavy (non-hydrogen) atoms. The van der Waals surface area contributed by atoms with Gasteiger partial charge in [0.05, 0.1) is 0 Å². The van der Waals surface area contributed by atoms with Crippen molar-refractivity contribution >= 4 is 0 Å². The second-order valence-corrected chi connectivity index (χ2v) is 4.63. The average molecular weight is 182 g/mol. The molecule has 1 aliphatic heterocycles. The Balaban J connectivity index is 2.51. The molecule has 0 aliphatic carbocycles. The van der Waals surface area contributed by atoms with Crippen LogP contribution in [0.1, 0.15) is 20.3 Å². The third-order valence-corrected chi connectivity index (χ3v) is 2.97. The summed E-state index contributed by atoms with van der Waals surface area (Å²) in [6.07, 6.45) is 3.30. The van der Waals surface area contributed by atoms with Gasteiger partial charge in [-0.25, -0.2) is 0 Å². The molecule has 1 rings (SSSR count). The smallest absolute Gasteiger partial charge is 0.0166 e. The quantitative estimate of drug-likeness (QED) is 0.663. The van der Waals surface area contributed by atoms with Crippen LogP contribution in [0.4, 0.5) is 0 Å². The number of nitrogens with zero attached hydrogens (tertiary/aromatic N) is 1. The second kappa shape index (κ2) is 4.25. The molecular formula is C11H22N2. The molecule has 0 spiro atoms. The molecule has 0 amide bonds. The van der Waals surface area contributed by atoms with E-state index in [-0.39, 0.29) is 0 Å². The Labute approximate surface area is 82.0 Å². The Morgan fingerprint density at radius 3 is 2.85 bits per heavy atom. The van der Waals surface area contributed by atoms with Crippen LogP contribution >= 0.6 is 0 Å². The van der Waals surface area contributed by atoms with Gasteiger partial charge in [-0.1, -0.05) is 6.08 Å². The first-order valence-corrected chi connectivity index (χ1v) is 5.10. The van der Waals surface area contributed by atoms with Crippen LogP contribution in [0.5, 0.6) is 0 Å². The van der Waals surface area contributed by atoms with Crippen molar-refractivity contribution in [1.82, 2.24) is 10.2 Å². The Hall–Kier alpha value is -0.340. The molecule has 2 nitrogen and oxygen atoms in total. The topological polar surface area (TPSA) is 15.3 Å². The summed E-state index contributed by atoms with van der Waals surface area (Å²) in [6, 6.07) is 0. The maximum absolute atomic E-state index is 3.80. The van der Waals surface area contributed by atoms with Gasteiger partial charge in [0.2, 0.25) is 0 Å². The highest BCUT2D eigenvalue weighted by Crippen LogP contribution is 2.31. The lowest BCUT2D eigenvalue weighted by Gasteiger charge is -2.30. The average Bonchev–Trinajstić information content (AvgIpc) is 2.28. The summed E-state index contributed by atoms with van der Waals surface area (Å²) in [5.74, 6) is 0.806. The Bertz CT molecular complexity index is 175. The van der Waals surface area contributed by atoms with Gasteiger partial charge in [-0.3, -0.25) is 4.90 Å². The van der Waals surface area contributed by atoms with Gasteiger partial charge < -0.3 is 5.32 Å². The van der Waals surface area contributed by atoms with Gasteiger partial charge in [-0.2, -0.15) is 0 Å². The van der Waals surface area contributed by atoms with Gasteiger partial charge in [-0.05, 0) is 39.8 Å². The third kappa shape index (κ3) is 2.55. The van der Waals surface area contributed by atoms with Crippen LogP contribution in [0.2, 0.25) is 0 Å². The molecule has 1 heterocycles. The minimum atomic E-state index is 0.357. The van der Waals surface area contributed by atoms with Gasteiger partial charge >= 0.3 is 0 Å². The van der Waals surface area contributed by atoms with Crippen molar-refractivity contribution in [2.45, 2.75) is 25.8 Å².